The molecule has 1 unspecified atom stereocenters. The van der Waals surface area contributed by atoms with Gasteiger partial charge in [0.15, 0.2) is 0 Å². The number of hydrogen-bond donors (Lipinski definition) is 3. The zero-order valence-corrected chi connectivity index (χ0v) is 11.3. The van der Waals surface area contributed by atoms with E-state index in [9.17, 15) is 9.59 Å². The van der Waals surface area contributed by atoms with Crippen LogP contribution in [-0.4, -0.2) is 37.7 Å². The highest BCUT2D eigenvalue weighted by Crippen LogP contribution is 2.01. The first-order valence-electron chi connectivity index (χ1n) is 5.90. The molecule has 0 fully saturated rings. The number of urea groups is 1. The van der Waals surface area contributed by atoms with E-state index in [-0.39, 0.29) is 11.8 Å². The number of rotatable bonds is 8. The summed E-state index contributed by atoms with van der Waals surface area (Å²) in [5.41, 5.74) is 5.94. The number of carbonyl (C=O) groups excluding carboxylic acids is 2. The van der Waals surface area contributed by atoms with E-state index in [1.807, 2.05) is 20.8 Å². The van der Waals surface area contributed by atoms with Crippen molar-refractivity contribution in [2.24, 2.45) is 11.7 Å². The van der Waals surface area contributed by atoms with Gasteiger partial charge in [-0.3, -0.25) is 4.79 Å². The maximum absolute atomic E-state index is 11.8. The Hall–Kier alpha value is -1.56. The summed E-state index contributed by atoms with van der Waals surface area (Å²) >= 11 is 0. The van der Waals surface area contributed by atoms with Crippen LogP contribution in [0.1, 0.15) is 20.8 Å². The molecule has 0 aliphatic heterocycles. The molecule has 0 radical (unpaired) electrons. The van der Waals surface area contributed by atoms with Gasteiger partial charge in [-0.1, -0.05) is 26.0 Å². The number of carbonyl (C=O) groups is 2. The van der Waals surface area contributed by atoms with Gasteiger partial charge in [-0.15, -0.1) is 0 Å². The lowest BCUT2D eigenvalue weighted by molar-refractivity contribution is -0.124. The van der Waals surface area contributed by atoms with Gasteiger partial charge in [0.25, 0.3) is 0 Å². The van der Waals surface area contributed by atoms with Gasteiger partial charge in [0, 0.05) is 6.54 Å². The zero-order valence-electron chi connectivity index (χ0n) is 11.3. The molecular formula is C12H23N3O3. The molecule has 0 aromatic carbocycles. The van der Waals surface area contributed by atoms with E-state index in [2.05, 4.69) is 17.2 Å². The van der Waals surface area contributed by atoms with Crippen LogP contribution in [0.3, 0.4) is 0 Å². The third-order valence-electron chi connectivity index (χ3n) is 2.14. The molecule has 0 rings (SSSR count). The van der Waals surface area contributed by atoms with Crippen molar-refractivity contribution in [3.63, 3.8) is 0 Å². The summed E-state index contributed by atoms with van der Waals surface area (Å²) in [4.78, 5) is 22.5. The van der Waals surface area contributed by atoms with Gasteiger partial charge in [0.2, 0.25) is 5.91 Å². The minimum absolute atomic E-state index is 0.0335. The van der Waals surface area contributed by atoms with E-state index in [0.29, 0.717) is 19.8 Å². The van der Waals surface area contributed by atoms with Gasteiger partial charge >= 0.3 is 6.03 Å². The topological polar surface area (TPSA) is 93.4 Å². The number of ether oxygens (including phenoxy) is 1. The molecule has 3 amide bonds. The Morgan fingerprint density at radius 2 is 2.00 bits per heavy atom. The highest BCUT2D eigenvalue weighted by atomic mass is 16.5. The van der Waals surface area contributed by atoms with Crippen LogP contribution in [0.15, 0.2) is 12.2 Å². The predicted octanol–water partition coefficient (Wildman–Crippen LogP) is 0.388. The molecular weight excluding hydrogens is 234 g/mol. The Kier molecular flexibility index (Phi) is 7.78. The SMILES string of the molecule is C=C(C)COCCNC(=O)C(NC(N)=O)C(C)C. The number of amides is 3. The van der Waals surface area contributed by atoms with E-state index >= 15 is 0 Å². The van der Waals surface area contributed by atoms with Gasteiger partial charge < -0.3 is 21.1 Å². The van der Waals surface area contributed by atoms with Crippen LogP contribution >= 0.6 is 0 Å². The fraction of sp³-hybridized carbons (Fsp3) is 0.667. The van der Waals surface area contributed by atoms with Gasteiger partial charge in [0.05, 0.1) is 13.2 Å². The second kappa shape index (κ2) is 8.52. The molecule has 0 aliphatic rings. The number of primary amides is 1. The Morgan fingerprint density at radius 3 is 2.44 bits per heavy atom. The molecule has 0 aromatic heterocycles. The van der Waals surface area contributed by atoms with Crippen LogP contribution in [0.2, 0.25) is 0 Å². The van der Waals surface area contributed by atoms with Crippen LogP contribution in [-0.2, 0) is 9.53 Å². The molecule has 0 bridgehead atoms. The average molecular weight is 257 g/mol. The fourth-order valence-electron chi connectivity index (χ4n) is 1.29. The predicted molar refractivity (Wildman–Crippen MR) is 70.0 cm³/mol. The number of nitrogens with two attached hydrogens (primary N) is 1. The molecule has 1 atom stereocenters. The second-order valence-corrected chi connectivity index (χ2v) is 4.53. The first-order chi connectivity index (χ1) is 8.34. The normalized spacial score (nSPS) is 12.0. The number of nitrogens with one attached hydrogen (secondary N) is 2. The largest absolute Gasteiger partial charge is 0.375 e. The van der Waals surface area contributed by atoms with E-state index < -0.39 is 12.1 Å². The van der Waals surface area contributed by atoms with Gasteiger partial charge in [-0.05, 0) is 12.8 Å². The molecule has 6 nitrogen and oxygen atoms in total. The van der Waals surface area contributed by atoms with Crippen LogP contribution in [0, 0.1) is 5.92 Å². The van der Waals surface area contributed by atoms with Crippen LogP contribution < -0.4 is 16.4 Å². The smallest absolute Gasteiger partial charge is 0.312 e. The standard InChI is InChI=1S/C12H23N3O3/c1-8(2)7-18-6-5-14-11(16)10(9(3)4)15-12(13)17/h9-10H,1,5-7H2,2-4H3,(H,14,16)(H3,13,15,17). The van der Waals surface area contributed by atoms with E-state index in [4.69, 9.17) is 10.5 Å². The van der Waals surface area contributed by atoms with Crippen LogP contribution in [0.4, 0.5) is 4.79 Å². The molecule has 104 valence electrons. The van der Waals surface area contributed by atoms with Crippen molar-refractivity contribution in [1.82, 2.24) is 10.6 Å². The summed E-state index contributed by atoms with van der Waals surface area (Å²) in [6.07, 6.45) is 0. The molecule has 0 spiro atoms. The molecule has 4 N–H and O–H groups in total. The average Bonchev–Trinajstić information content (AvgIpc) is 2.24. The summed E-state index contributed by atoms with van der Waals surface area (Å²) in [5.74, 6) is -0.295. The van der Waals surface area contributed by atoms with E-state index in [1.54, 1.807) is 0 Å². The van der Waals surface area contributed by atoms with Gasteiger partial charge in [-0.2, -0.15) is 0 Å². The molecule has 6 heteroatoms. The van der Waals surface area contributed by atoms with Crippen molar-refractivity contribution >= 4 is 11.9 Å². The molecule has 0 saturated heterocycles. The molecule has 0 aliphatic carbocycles. The summed E-state index contributed by atoms with van der Waals surface area (Å²) in [6.45, 7) is 10.5. The maximum Gasteiger partial charge on any atom is 0.312 e. The van der Waals surface area contributed by atoms with Crippen LogP contribution in [0.25, 0.3) is 0 Å². The minimum Gasteiger partial charge on any atom is -0.375 e. The van der Waals surface area contributed by atoms with Crippen molar-refractivity contribution < 1.29 is 14.3 Å². The molecule has 18 heavy (non-hydrogen) atoms. The third kappa shape index (κ3) is 7.67. The zero-order chi connectivity index (χ0) is 14.1. The Bertz CT molecular complexity index is 303. The van der Waals surface area contributed by atoms with E-state index in [0.717, 1.165) is 5.57 Å². The maximum atomic E-state index is 11.8. The molecule has 0 aromatic rings. The van der Waals surface area contributed by atoms with Crippen molar-refractivity contribution in [3.8, 4) is 0 Å². The second-order valence-electron chi connectivity index (χ2n) is 4.53. The van der Waals surface area contributed by atoms with Crippen molar-refractivity contribution in [3.05, 3.63) is 12.2 Å². The van der Waals surface area contributed by atoms with Crippen molar-refractivity contribution in [2.75, 3.05) is 19.8 Å². The third-order valence-corrected chi connectivity index (χ3v) is 2.14. The Morgan fingerprint density at radius 1 is 1.39 bits per heavy atom. The summed E-state index contributed by atoms with van der Waals surface area (Å²) in [5, 5.41) is 5.09. The lowest BCUT2D eigenvalue weighted by Crippen LogP contribution is -2.51. The highest BCUT2D eigenvalue weighted by Gasteiger charge is 2.22. The summed E-state index contributed by atoms with van der Waals surface area (Å²) < 4.78 is 5.24. The van der Waals surface area contributed by atoms with Crippen molar-refractivity contribution in [2.45, 2.75) is 26.8 Å². The summed E-state index contributed by atoms with van der Waals surface area (Å²) in [7, 11) is 0. The first kappa shape index (κ1) is 16.4. The number of hydrogen-bond acceptors (Lipinski definition) is 3. The van der Waals surface area contributed by atoms with Gasteiger partial charge in [0.1, 0.15) is 6.04 Å². The highest BCUT2D eigenvalue weighted by molar-refractivity contribution is 5.86. The molecule has 0 saturated carbocycles. The Balaban J connectivity index is 3.96. The Labute approximate surface area is 108 Å². The molecule has 0 heterocycles. The van der Waals surface area contributed by atoms with E-state index in [1.165, 1.54) is 0 Å². The first-order valence-corrected chi connectivity index (χ1v) is 5.90. The lowest BCUT2D eigenvalue weighted by atomic mass is 10.0. The van der Waals surface area contributed by atoms with Crippen LogP contribution in [0.5, 0.6) is 0 Å². The monoisotopic (exact) mass is 257 g/mol. The van der Waals surface area contributed by atoms with Gasteiger partial charge in [-0.25, -0.2) is 4.79 Å². The van der Waals surface area contributed by atoms with Crippen molar-refractivity contribution in [1.29, 1.82) is 0 Å². The quantitative estimate of drug-likeness (QED) is 0.433. The fourth-order valence-corrected chi connectivity index (χ4v) is 1.29. The summed E-state index contributed by atoms with van der Waals surface area (Å²) in [6, 6.07) is -1.33. The minimum atomic E-state index is -0.706. The lowest BCUT2D eigenvalue weighted by Gasteiger charge is -2.20.